The van der Waals surface area contributed by atoms with Gasteiger partial charge in [0.05, 0.1) is 0 Å². The summed E-state index contributed by atoms with van der Waals surface area (Å²) in [6.45, 7) is 6.73. The molecule has 5 heteroatoms. The molecule has 0 aromatic carbocycles. The summed E-state index contributed by atoms with van der Waals surface area (Å²) < 4.78 is 0. The molecule has 2 heterocycles. The van der Waals surface area contributed by atoms with Crippen molar-refractivity contribution in [1.82, 2.24) is 10.2 Å². The summed E-state index contributed by atoms with van der Waals surface area (Å²) in [6, 6.07) is 0. The van der Waals surface area contributed by atoms with Crippen LogP contribution in [0.25, 0.3) is 0 Å². The molecule has 2 rings (SSSR count). The van der Waals surface area contributed by atoms with Gasteiger partial charge in [0.15, 0.2) is 0 Å². The van der Waals surface area contributed by atoms with Gasteiger partial charge in [0.1, 0.15) is 0 Å². The van der Waals surface area contributed by atoms with Gasteiger partial charge in [-0.05, 0) is 18.3 Å². The van der Waals surface area contributed by atoms with E-state index in [1.807, 2.05) is 0 Å². The van der Waals surface area contributed by atoms with Crippen molar-refractivity contribution in [3.8, 4) is 0 Å². The minimum atomic E-state index is 0.388. The van der Waals surface area contributed by atoms with E-state index in [0.717, 1.165) is 18.2 Å². The molecular weight excluding hydrogens is 196 g/mol. The minimum Gasteiger partial charge on any atom is -0.374 e. The highest BCUT2D eigenvalue weighted by Crippen LogP contribution is 2.32. The molecule has 78 valence electrons. The summed E-state index contributed by atoms with van der Waals surface area (Å²) in [5.74, 6) is 0. The maximum absolute atomic E-state index is 5.57. The van der Waals surface area contributed by atoms with E-state index < -0.39 is 0 Å². The van der Waals surface area contributed by atoms with E-state index in [0.29, 0.717) is 10.5 Å². The van der Waals surface area contributed by atoms with Gasteiger partial charge in [0.2, 0.25) is 10.3 Å². The van der Waals surface area contributed by atoms with Crippen molar-refractivity contribution in [2.75, 3.05) is 23.7 Å². The largest absolute Gasteiger partial charge is 0.374 e. The van der Waals surface area contributed by atoms with Gasteiger partial charge in [-0.25, -0.2) is 0 Å². The average molecular weight is 212 g/mol. The van der Waals surface area contributed by atoms with Crippen molar-refractivity contribution in [2.45, 2.75) is 26.7 Å². The highest BCUT2D eigenvalue weighted by molar-refractivity contribution is 7.18. The van der Waals surface area contributed by atoms with Crippen molar-refractivity contribution < 1.29 is 0 Å². The van der Waals surface area contributed by atoms with Crippen LogP contribution in [-0.4, -0.2) is 23.3 Å². The van der Waals surface area contributed by atoms with E-state index in [4.69, 9.17) is 5.73 Å². The number of piperidine rings is 1. The van der Waals surface area contributed by atoms with Crippen LogP contribution in [-0.2, 0) is 0 Å². The number of aromatic nitrogens is 2. The molecule has 0 saturated carbocycles. The molecule has 1 aliphatic rings. The molecule has 0 bridgehead atoms. The van der Waals surface area contributed by atoms with Gasteiger partial charge in [0, 0.05) is 13.1 Å². The van der Waals surface area contributed by atoms with Crippen LogP contribution < -0.4 is 10.6 Å². The van der Waals surface area contributed by atoms with E-state index in [2.05, 4.69) is 28.9 Å². The Labute approximate surface area is 88.1 Å². The fourth-order valence-corrected chi connectivity index (χ4v) is 2.58. The lowest BCUT2D eigenvalue weighted by molar-refractivity contribution is 0.293. The zero-order chi connectivity index (χ0) is 10.2. The van der Waals surface area contributed by atoms with E-state index in [1.165, 1.54) is 24.2 Å². The molecule has 2 N–H and O–H groups in total. The van der Waals surface area contributed by atoms with Gasteiger partial charge in [-0.3, -0.25) is 0 Å². The third-order valence-electron chi connectivity index (χ3n) is 2.60. The molecule has 0 atom stereocenters. The van der Waals surface area contributed by atoms with Gasteiger partial charge in [-0.2, -0.15) is 0 Å². The molecule has 1 saturated heterocycles. The van der Waals surface area contributed by atoms with Gasteiger partial charge in [-0.1, -0.05) is 25.2 Å². The zero-order valence-corrected chi connectivity index (χ0v) is 9.47. The topological polar surface area (TPSA) is 55.0 Å². The van der Waals surface area contributed by atoms with E-state index in [9.17, 15) is 0 Å². The lowest BCUT2D eigenvalue weighted by Crippen LogP contribution is -2.40. The highest BCUT2D eigenvalue weighted by atomic mass is 32.1. The smallest absolute Gasteiger partial charge is 0.210 e. The predicted octanol–water partition coefficient (Wildman–Crippen LogP) is 1.75. The first-order valence-electron chi connectivity index (χ1n) is 4.91. The molecule has 0 spiro atoms. The second kappa shape index (κ2) is 3.38. The number of hydrogen-bond donors (Lipinski definition) is 1. The van der Waals surface area contributed by atoms with Crippen molar-refractivity contribution >= 4 is 21.6 Å². The zero-order valence-electron chi connectivity index (χ0n) is 8.66. The summed E-state index contributed by atoms with van der Waals surface area (Å²) in [7, 11) is 0. The van der Waals surface area contributed by atoms with Crippen LogP contribution >= 0.6 is 11.3 Å². The van der Waals surface area contributed by atoms with Crippen LogP contribution in [0, 0.1) is 5.41 Å². The standard InChI is InChI=1S/C9H16N4S/c1-9(2)4-3-5-13(6-9)8-12-11-7(10)14-8/h3-6H2,1-2H3,(H2,10,11). The molecule has 0 amide bonds. The fraction of sp³-hybridized carbons (Fsp3) is 0.778. The summed E-state index contributed by atoms with van der Waals surface area (Å²) >= 11 is 1.48. The van der Waals surface area contributed by atoms with E-state index in [1.54, 1.807) is 0 Å². The second-order valence-corrected chi connectivity index (χ2v) is 5.60. The monoisotopic (exact) mass is 212 g/mol. The Bertz CT molecular complexity index is 320. The van der Waals surface area contributed by atoms with Crippen LogP contribution in [0.3, 0.4) is 0 Å². The number of anilines is 2. The SMILES string of the molecule is CC1(C)CCCN(c2nnc(N)s2)C1. The van der Waals surface area contributed by atoms with Gasteiger partial charge < -0.3 is 10.6 Å². The van der Waals surface area contributed by atoms with Crippen molar-refractivity contribution in [3.05, 3.63) is 0 Å². The molecule has 0 radical (unpaired) electrons. The molecule has 1 aromatic rings. The summed E-state index contributed by atoms with van der Waals surface area (Å²) in [5, 5.41) is 9.45. The first-order chi connectivity index (χ1) is 6.57. The number of nitrogen functional groups attached to an aromatic ring is 1. The normalized spacial score (nSPS) is 21.1. The molecule has 4 nitrogen and oxygen atoms in total. The minimum absolute atomic E-state index is 0.388. The first-order valence-corrected chi connectivity index (χ1v) is 5.72. The summed E-state index contributed by atoms with van der Waals surface area (Å²) in [5.41, 5.74) is 5.96. The lowest BCUT2D eigenvalue weighted by atomic mass is 9.84. The maximum Gasteiger partial charge on any atom is 0.210 e. The van der Waals surface area contributed by atoms with Crippen molar-refractivity contribution in [3.63, 3.8) is 0 Å². The Morgan fingerprint density at radius 3 is 2.79 bits per heavy atom. The predicted molar refractivity (Wildman–Crippen MR) is 59.5 cm³/mol. The highest BCUT2D eigenvalue weighted by Gasteiger charge is 2.27. The van der Waals surface area contributed by atoms with Crippen LogP contribution in [0.5, 0.6) is 0 Å². The van der Waals surface area contributed by atoms with E-state index >= 15 is 0 Å². The number of rotatable bonds is 1. The second-order valence-electron chi connectivity index (χ2n) is 4.61. The van der Waals surface area contributed by atoms with Crippen molar-refractivity contribution in [2.24, 2.45) is 5.41 Å². The number of nitrogens with two attached hydrogens (primary N) is 1. The third kappa shape index (κ3) is 1.97. The number of hydrogen-bond acceptors (Lipinski definition) is 5. The molecule has 0 aliphatic carbocycles. The fourth-order valence-electron chi connectivity index (χ4n) is 1.94. The summed E-state index contributed by atoms with van der Waals surface area (Å²) in [6.07, 6.45) is 2.52. The van der Waals surface area contributed by atoms with E-state index in [-0.39, 0.29) is 0 Å². The maximum atomic E-state index is 5.57. The Morgan fingerprint density at radius 1 is 1.43 bits per heavy atom. The molecule has 1 aromatic heterocycles. The Balaban J connectivity index is 2.12. The lowest BCUT2D eigenvalue weighted by Gasteiger charge is -2.37. The third-order valence-corrected chi connectivity index (χ3v) is 3.41. The molecule has 1 aliphatic heterocycles. The quantitative estimate of drug-likeness (QED) is 0.770. The molecule has 0 unspecified atom stereocenters. The Kier molecular flexibility index (Phi) is 2.34. The van der Waals surface area contributed by atoms with Crippen LogP contribution in [0.2, 0.25) is 0 Å². The Hall–Kier alpha value is -0.840. The van der Waals surface area contributed by atoms with Crippen LogP contribution in [0.1, 0.15) is 26.7 Å². The van der Waals surface area contributed by atoms with Gasteiger partial charge in [-0.15, -0.1) is 10.2 Å². The molecular formula is C9H16N4S. The van der Waals surface area contributed by atoms with Crippen LogP contribution in [0.4, 0.5) is 10.3 Å². The summed E-state index contributed by atoms with van der Waals surface area (Å²) in [4.78, 5) is 2.29. The van der Waals surface area contributed by atoms with Crippen molar-refractivity contribution in [1.29, 1.82) is 0 Å². The van der Waals surface area contributed by atoms with Crippen LogP contribution in [0.15, 0.2) is 0 Å². The molecule has 14 heavy (non-hydrogen) atoms. The Morgan fingerprint density at radius 2 is 2.21 bits per heavy atom. The van der Waals surface area contributed by atoms with Gasteiger partial charge in [0.25, 0.3) is 0 Å². The first kappa shape index (κ1) is 9.71. The average Bonchev–Trinajstić information content (AvgIpc) is 2.50. The number of nitrogens with zero attached hydrogens (tertiary/aromatic N) is 3. The van der Waals surface area contributed by atoms with Gasteiger partial charge >= 0.3 is 0 Å². The molecule has 1 fully saturated rings.